The zero-order valence-electron chi connectivity index (χ0n) is 16.5. The highest BCUT2D eigenvalue weighted by Gasteiger charge is 2.05. The quantitative estimate of drug-likeness (QED) is 0.235. The fourth-order valence-electron chi connectivity index (χ4n) is 2.51. The van der Waals surface area contributed by atoms with E-state index in [4.69, 9.17) is 4.74 Å². The maximum Gasteiger partial charge on any atom is 0.191 e. The van der Waals surface area contributed by atoms with E-state index >= 15 is 0 Å². The second-order valence-corrected chi connectivity index (χ2v) is 6.63. The molecule has 2 rings (SSSR count). The van der Waals surface area contributed by atoms with Crippen LogP contribution in [-0.2, 0) is 17.8 Å². The molecule has 0 aliphatic rings. The van der Waals surface area contributed by atoms with Gasteiger partial charge >= 0.3 is 0 Å². The van der Waals surface area contributed by atoms with E-state index < -0.39 is 0 Å². The molecule has 1 aromatic carbocycles. The smallest absolute Gasteiger partial charge is 0.191 e. The Hall–Kier alpha value is -1.61. The van der Waals surface area contributed by atoms with Gasteiger partial charge in [0.1, 0.15) is 5.82 Å². The summed E-state index contributed by atoms with van der Waals surface area (Å²) in [6, 6.07) is 10.4. The fraction of sp³-hybridized carbons (Fsp3) is 0.500. The summed E-state index contributed by atoms with van der Waals surface area (Å²) in [6.45, 7) is 8.18. The Kier molecular flexibility index (Phi) is 11.8. The topological polar surface area (TPSA) is 63.5 Å². The van der Waals surface area contributed by atoms with Gasteiger partial charge in [-0.3, -0.25) is 4.99 Å². The van der Waals surface area contributed by atoms with E-state index in [9.17, 15) is 0 Å². The lowest BCUT2D eigenvalue weighted by Crippen LogP contribution is -2.38. The summed E-state index contributed by atoms with van der Waals surface area (Å²) in [7, 11) is 1.78. The minimum Gasteiger partial charge on any atom is -0.381 e. The van der Waals surface area contributed by atoms with E-state index in [-0.39, 0.29) is 24.0 Å². The van der Waals surface area contributed by atoms with Crippen molar-refractivity contribution >= 4 is 29.9 Å². The number of halogens is 1. The van der Waals surface area contributed by atoms with Crippen LogP contribution >= 0.6 is 24.0 Å². The highest BCUT2D eigenvalue weighted by Crippen LogP contribution is 2.05. The van der Waals surface area contributed by atoms with Crippen LogP contribution in [0.1, 0.15) is 31.7 Å². The Bertz CT molecular complexity index is 657. The first-order valence-electron chi connectivity index (χ1n) is 9.25. The van der Waals surface area contributed by atoms with Gasteiger partial charge in [-0.2, -0.15) is 0 Å². The number of nitrogens with zero attached hydrogens (tertiary/aromatic N) is 3. The molecule has 0 unspecified atom stereocenters. The van der Waals surface area contributed by atoms with Crippen molar-refractivity contribution in [2.24, 2.45) is 10.9 Å². The zero-order valence-corrected chi connectivity index (χ0v) is 18.8. The predicted molar refractivity (Wildman–Crippen MR) is 122 cm³/mol. The predicted octanol–water partition coefficient (Wildman–Crippen LogP) is 3.28. The van der Waals surface area contributed by atoms with Gasteiger partial charge in [0.05, 0.1) is 6.54 Å². The number of aromatic nitrogens is 2. The Morgan fingerprint density at radius 2 is 2.00 bits per heavy atom. The van der Waals surface area contributed by atoms with E-state index in [0.717, 1.165) is 44.5 Å². The molecule has 0 amide bonds. The van der Waals surface area contributed by atoms with Crippen LogP contribution in [0.4, 0.5) is 0 Å². The number of guanidine groups is 1. The monoisotopic (exact) mass is 485 g/mol. The summed E-state index contributed by atoms with van der Waals surface area (Å²) in [4.78, 5) is 8.72. The van der Waals surface area contributed by atoms with Crippen molar-refractivity contribution in [2.45, 2.75) is 33.4 Å². The molecule has 6 nitrogen and oxygen atoms in total. The second kappa shape index (κ2) is 13.5. The van der Waals surface area contributed by atoms with Crippen LogP contribution in [0.5, 0.6) is 0 Å². The van der Waals surface area contributed by atoms with Crippen LogP contribution in [0.3, 0.4) is 0 Å². The maximum absolute atomic E-state index is 5.59. The summed E-state index contributed by atoms with van der Waals surface area (Å²) in [5.74, 6) is 2.34. The maximum atomic E-state index is 5.59. The standard InChI is InChI=1S/C20H31N5O.HI/c1-17(2)16-26-13-7-10-23-20(21-3)24-14-19-22-11-12-25(19)15-18-8-5-4-6-9-18;/h4-6,8-9,11-12,17H,7,10,13-16H2,1-3H3,(H2,21,23,24);1H. The van der Waals surface area contributed by atoms with Crippen LogP contribution in [0.15, 0.2) is 47.7 Å². The average Bonchev–Trinajstić information content (AvgIpc) is 3.08. The third-order valence-corrected chi connectivity index (χ3v) is 3.84. The van der Waals surface area contributed by atoms with Crippen LogP contribution in [-0.4, -0.2) is 42.3 Å². The van der Waals surface area contributed by atoms with Gasteiger partial charge < -0.3 is 19.9 Å². The number of nitrogens with one attached hydrogen (secondary N) is 2. The third-order valence-electron chi connectivity index (χ3n) is 3.84. The normalized spacial score (nSPS) is 11.3. The first kappa shape index (κ1) is 23.4. The molecule has 2 N–H and O–H groups in total. The van der Waals surface area contributed by atoms with Gasteiger partial charge in [0.25, 0.3) is 0 Å². The number of ether oxygens (including phenoxy) is 1. The lowest BCUT2D eigenvalue weighted by Gasteiger charge is -2.13. The second-order valence-electron chi connectivity index (χ2n) is 6.63. The SMILES string of the molecule is CN=C(NCCCOCC(C)C)NCc1nccn1Cc1ccccc1.I. The lowest BCUT2D eigenvalue weighted by atomic mass is 10.2. The number of benzene rings is 1. The molecule has 1 heterocycles. The Morgan fingerprint density at radius 1 is 1.22 bits per heavy atom. The molecule has 2 aromatic rings. The lowest BCUT2D eigenvalue weighted by molar-refractivity contribution is 0.108. The van der Waals surface area contributed by atoms with E-state index in [2.05, 4.69) is 63.3 Å². The molecule has 27 heavy (non-hydrogen) atoms. The highest BCUT2D eigenvalue weighted by atomic mass is 127. The highest BCUT2D eigenvalue weighted by molar-refractivity contribution is 14.0. The zero-order chi connectivity index (χ0) is 18.6. The van der Waals surface area contributed by atoms with Crippen molar-refractivity contribution < 1.29 is 4.74 Å². The molecular formula is C20H32IN5O. The minimum atomic E-state index is 0. The summed E-state index contributed by atoms with van der Waals surface area (Å²) in [5.41, 5.74) is 1.26. The van der Waals surface area contributed by atoms with Crippen molar-refractivity contribution in [3.63, 3.8) is 0 Å². The molecule has 0 saturated carbocycles. The van der Waals surface area contributed by atoms with E-state index in [1.807, 2.05) is 18.5 Å². The molecule has 0 aliphatic carbocycles. The molecule has 0 spiro atoms. The van der Waals surface area contributed by atoms with Crippen LogP contribution in [0.25, 0.3) is 0 Å². The Balaban J connectivity index is 0.00000364. The van der Waals surface area contributed by atoms with Gasteiger partial charge in [0.2, 0.25) is 0 Å². The molecule has 1 aromatic heterocycles. The van der Waals surface area contributed by atoms with Crippen molar-refractivity contribution in [1.82, 2.24) is 20.2 Å². The molecule has 150 valence electrons. The summed E-state index contributed by atoms with van der Waals surface area (Å²) >= 11 is 0. The molecule has 0 saturated heterocycles. The van der Waals surface area contributed by atoms with E-state index in [1.54, 1.807) is 7.05 Å². The van der Waals surface area contributed by atoms with Crippen molar-refractivity contribution in [1.29, 1.82) is 0 Å². The molecule has 7 heteroatoms. The molecule has 0 bridgehead atoms. The summed E-state index contributed by atoms with van der Waals surface area (Å²) in [6.07, 6.45) is 4.80. The fourth-order valence-corrected chi connectivity index (χ4v) is 2.51. The van der Waals surface area contributed by atoms with Crippen molar-refractivity contribution in [3.05, 3.63) is 54.1 Å². The molecule has 0 aliphatic heterocycles. The van der Waals surface area contributed by atoms with Gasteiger partial charge in [0.15, 0.2) is 5.96 Å². The number of imidazole rings is 1. The minimum absolute atomic E-state index is 0. The first-order chi connectivity index (χ1) is 12.7. The number of rotatable bonds is 10. The Labute approximate surface area is 179 Å². The summed E-state index contributed by atoms with van der Waals surface area (Å²) in [5, 5.41) is 6.63. The van der Waals surface area contributed by atoms with Gasteiger partial charge in [-0.1, -0.05) is 44.2 Å². The van der Waals surface area contributed by atoms with Gasteiger partial charge in [0, 0.05) is 45.7 Å². The van der Waals surface area contributed by atoms with Crippen LogP contribution in [0.2, 0.25) is 0 Å². The number of hydrogen-bond acceptors (Lipinski definition) is 3. The van der Waals surface area contributed by atoms with Gasteiger partial charge in [-0.05, 0) is 17.9 Å². The van der Waals surface area contributed by atoms with Crippen LogP contribution < -0.4 is 10.6 Å². The summed E-state index contributed by atoms with van der Waals surface area (Å²) < 4.78 is 7.74. The average molecular weight is 485 g/mol. The van der Waals surface area contributed by atoms with Crippen molar-refractivity contribution in [3.8, 4) is 0 Å². The first-order valence-corrected chi connectivity index (χ1v) is 9.25. The van der Waals surface area contributed by atoms with E-state index in [1.165, 1.54) is 5.56 Å². The molecule has 0 atom stereocenters. The van der Waals surface area contributed by atoms with Crippen molar-refractivity contribution in [2.75, 3.05) is 26.8 Å². The van der Waals surface area contributed by atoms with E-state index in [0.29, 0.717) is 12.5 Å². The van der Waals surface area contributed by atoms with Gasteiger partial charge in [-0.25, -0.2) is 4.98 Å². The molecule has 0 fully saturated rings. The van der Waals surface area contributed by atoms with Crippen LogP contribution in [0, 0.1) is 5.92 Å². The number of hydrogen-bond donors (Lipinski definition) is 2. The molecule has 0 radical (unpaired) electrons. The number of aliphatic imine (C=N–C) groups is 1. The molecular weight excluding hydrogens is 453 g/mol. The largest absolute Gasteiger partial charge is 0.381 e. The Morgan fingerprint density at radius 3 is 2.70 bits per heavy atom. The van der Waals surface area contributed by atoms with Gasteiger partial charge in [-0.15, -0.1) is 24.0 Å². The third kappa shape index (κ3) is 9.23.